The van der Waals surface area contributed by atoms with Crippen LogP contribution in [-0.4, -0.2) is 46.5 Å². The van der Waals surface area contributed by atoms with Gasteiger partial charge in [-0.05, 0) is 44.2 Å². The molecule has 0 saturated carbocycles. The smallest absolute Gasteiger partial charge is 0.191 e. The highest BCUT2D eigenvalue weighted by molar-refractivity contribution is 14.0. The Morgan fingerprint density at radius 2 is 2.17 bits per heavy atom. The maximum absolute atomic E-state index is 5.85. The van der Waals surface area contributed by atoms with Gasteiger partial charge in [-0.3, -0.25) is 4.99 Å². The fourth-order valence-electron chi connectivity index (χ4n) is 3.69. The van der Waals surface area contributed by atoms with E-state index in [0.29, 0.717) is 6.54 Å². The second kappa shape index (κ2) is 12.9. The summed E-state index contributed by atoms with van der Waals surface area (Å²) in [5.74, 6) is 1.82. The van der Waals surface area contributed by atoms with Crippen molar-refractivity contribution in [2.75, 3.05) is 19.7 Å². The van der Waals surface area contributed by atoms with Gasteiger partial charge >= 0.3 is 0 Å². The number of ether oxygens (including phenoxy) is 1. The topological polar surface area (TPSA) is 76.4 Å². The predicted molar refractivity (Wildman–Crippen MR) is 131 cm³/mol. The molecule has 3 rings (SSSR count). The van der Waals surface area contributed by atoms with Gasteiger partial charge in [0.25, 0.3) is 0 Å². The molecule has 0 radical (unpaired) electrons. The van der Waals surface area contributed by atoms with Crippen molar-refractivity contribution in [2.45, 2.75) is 65.1 Å². The molecule has 1 aromatic carbocycles. The zero-order chi connectivity index (χ0) is 20.5. The molecule has 8 heteroatoms. The summed E-state index contributed by atoms with van der Waals surface area (Å²) in [4.78, 5) is 4.83. The molecule has 1 aliphatic heterocycles. The summed E-state index contributed by atoms with van der Waals surface area (Å²) in [5, 5.41) is 15.2. The molecule has 0 aliphatic carbocycles. The number of nitrogens with zero attached hydrogens (tertiary/aromatic N) is 4. The minimum absolute atomic E-state index is 0. The van der Waals surface area contributed by atoms with Crippen molar-refractivity contribution < 1.29 is 4.74 Å². The molecular weight excluding hydrogens is 491 g/mol. The third-order valence-corrected chi connectivity index (χ3v) is 5.39. The maximum atomic E-state index is 5.85. The Morgan fingerprint density at radius 1 is 1.33 bits per heavy atom. The van der Waals surface area contributed by atoms with E-state index in [1.54, 1.807) is 6.33 Å². The summed E-state index contributed by atoms with van der Waals surface area (Å²) >= 11 is 0. The molecule has 2 atom stereocenters. The molecule has 1 fully saturated rings. The molecule has 1 aromatic heterocycles. The molecular formula is C22H35IN6O. The van der Waals surface area contributed by atoms with Gasteiger partial charge in [0, 0.05) is 26.1 Å². The van der Waals surface area contributed by atoms with E-state index in [4.69, 9.17) is 9.73 Å². The van der Waals surface area contributed by atoms with Gasteiger partial charge < -0.3 is 19.9 Å². The van der Waals surface area contributed by atoms with Crippen LogP contribution in [-0.2, 0) is 17.7 Å². The average molecular weight is 526 g/mol. The number of aromatic nitrogens is 3. The highest BCUT2D eigenvalue weighted by atomic mass is 127. The van der Waals surface area contributed by atoms with Crippen LogP contribution in [0.5, 0.6) is 0 Å². The SMILES string of the molecule is CCc1nncn1CCNC(=NCC1CCCCO1)NC(C)c1ccccc1C.I. The Kier molecular flexibility index (Phi) is 10.6. The summed E-state index contributed by atoms with van der Waals surface area (Å²) in [6, 6.07) is 8.63. The van der Waals surface area contributed by atoms with E-state index in [9.17, 15) is 0 Å². The zero-order valence-electron chi connectivity index (χ0n) is 18.3. The second-order valence-electron chi connectivity index (χ2n) is 7.62. The average Bonchev–Trinajstić information content (AvgIpc) is 3.20. The van der Waals surface area contributed by atoms with Crippen molar-refractivity contribution in [1.29, 1.82) is 0 Å². The van der Waals surface area contributed by atoms with Gasteiger partial charge in [0.05, 0.1) is 18.7 Å². The highest BCUT2D eigenvalue weighted by Crippen LogP contribution is 2.17. The molecule has 0 bridgehead atoms. The van der Waals surface area contributed by atoms with Crippen LogP contribution < -0.4 is 10.6 Å². The van der Waals surface area contributed by atoms with Gasteiger partial charge in [-0.1, -0.05) is 31.2 Å². The van der Waals surface area contributed by atoms with Crippen molar-refractivity contribution in [3.8, 4) is 0 Å². The van der Waals surface area contributed by atoms with Crippen LogP contribution in [0.2, 0.25) is 0 Å². The molecule has 1 saturated heterocycles. The number of rotatable bonds is 8. The number of aliphatic imine (C=N–C) groups is 1. The van der Waals surface area contributed by atoms with Gasteiger partial charge in [-0.15, -0.1) is 34.2 Å². The fraction of sp³-hybridized carbons (Fsp3) is 0.591. The summed E-state index contributed by atoms with van der Waals surface area (Å²) in [6.07, 6.45) is 6.36. The molecule has 0 spiro atoms. The van der Waals surface area contributed by atoms with Crippen LogP contribution in [0.1, 0.15) is 56.1 Å². The van der Waals surface area contributed by atoms with Crippen LogP contribution in [0.25, 0.3) is 0 Å². The molecule has 1 aliphatic rings. The number of halogens is 1. The predicted octanol–water partition coefficient (Wildman–Crippen LogP) is 3.63. The first-order valence-electron chi connectivity index (χ1n) is 10.8. The van der Waals surface area contributed by atoms with E-state index in [1.807, 2.05) is 0 Å². The summed E-state index contributed by atoms with van der Waals surface area (Å²) < 4.78 is 7.93. The Bertz CT molecular complexity index is 787. The maximum Gasteiger partial charge on any atom is 0.191 e. The van der Waals surface area contributed by atoms with Gasteiger partial charge in [0.1, 0.15) is 12.2 Å². The molecule has 7 nitrogen and oxygen atoms in total. The first-order chi connectivity index (χ1) is 14.2. The Hall–Kier alpha value is -1.68. The first kappa shape index (κ1) is 24.6. The lowest BCUT2D eigenvalue weighted by molar-refractivity contribution is 0.0224. The normalized spacial score (nSPS) is 17.8. The van der Waals surface area contributed by atoms with Crippen LogP contribution in [0.4, 0.5) is 0 Å². The molecule has 166 valence electrons. The molecule has 30 heavy (non-hydrogen) atoms. The van der Waals surface area contributed by atoms with Crippen molar-refractivity contribution in [3.63, 3.8) is 0 Å². The Balaban J connectivity index is 0.00000320. The fourth-order valence-corrected chi connectivity index (χ4v) is 3.69. The third kappa shape index (κ3) is 7.23. The third-order valence-electron chi connectivity index (χ3n) is 5.39. The number of aryl methyl sites for hydroxylation is 2. The van der Waals surface area contributed by atoms with Crippen LogP contribution in [0.15, 0.2) is 35.6 Å². The van der Waals surface area contributed by atoms with E-state index in [2.05, 4.69) is 70.4 Å². The minimum Gasteiger partial charge on any atom is -0.376 e. The first-order valence-corrected chi connectivity index (χ1v) is 10.8. The van der Waals surface area contributed by atoms with Crippen LogP contribution in [0.3, 0.4) is 0 Å². The number of benzene rings is 1. The minimum atomic E-state index is 0. The summed E-state index contributed by atoms with van der Waals surface area (Å²) in [5.41, 5.74) is 2.56. The molecule has 2 unspecified atom stereocenters. The van der Waals surface area contributed by atoms with E-state index in [0.717, 1.165) is 50.7 Å². The lowest BCUT2D eigenvalue weighted by atomic mass is 10.0. The van der Waals surface area contributed by atoms with Gasteiger partial charge in [-0.2, -0.15) is 0 Å². The van der Waals surface area contributed by atoms with Gasteiger partial charge in [0.15, 0.2) is 5.96 Å². The largest absolute Gasteiger partial charge is 0.376 e. The standard InChI is InChI=1S/C22H34N6O.HI/c1-4-21-27-25-16-28(21)13-12-23-22(24-15-19-10-7-8-14-29-19)26-18(3)20-11-6-5-9-17(20)2;/h5-6,9,11,16,18-19H,4,7-8,10,12-15H2,1-3H3,(H2,23,24,26);1H. The van der Waals surface area contributed by atoms with Crippen molar-refractivity contribution in [2.24, 2.45) is 4.99 Å². The molecule has 2 heterocycles. The van der Waals surface area contributed by atoms with Crippen LogP contribution >= 0.6 is 24.0 Å². The number of hydrogen-bond acceptors (Lipinski definition) is 4. The van der Waals surface area contributed by atoms with Crippen LogP contribution in [0, 0.1) is 6.92 Å². The lowest BCUT2D eigenvalue weighted by Crippen LogP contribution is -2.41. The Morgan fingerprint density at radius 3 is 2.90 bits per heavy atom. The molecule has 2 aromatic rings. The van der Waals surface area contributed by atoms with E-state index < -0.39 is 0 Å². The summed E-state index contributed by atoms with van der Waals surface area (Å²) in [7, 11) is 0. The number of hydrogen-bond donors (Lipinski definition) is 2. The van der Waals surface area contributed by atoms with Gasteiger partial charge in [-0.25, -0.2) is 0 Å². The number of nitrogens with one attached hydrogen (secondary N) is 2. The summed E-state index contributed by atoms with van der Waals surface area (Å²) in [6.45, 7) is 9.50. The van der Waals surface area contributed by atoms with Crippen molar-refractivity contribution in [1.82, 2.24) is 25.4 Å². The quantitative estimate of drug-likeness (QED) is 0.312. The number of guanidine groups is 1. The highest BCUT2D eigenvalue weighted by Gasteiger charge is 2.15. The Labute approximate surface area is 197 Å². The van der Waals surface area contributed by atoms with Crippen molar-refractivity contribution in [3.05, 3.63) is 47.5 Å². The second-order valence-corrected chi connectivity index (χ2v) is 7.62. The van der Waals surface area contributed by atoms with E-state index in [-0.39, 0.29) is 36.1 Å². The van der Waals surface area contributed by atoms with E-state index in [1.165, 1.54) is 17.5 Å². The lowest BCUT2D eigenvalue weighted by Gasteiger charge is -2.23. The van der Waals surface area contributed by atoms with Crippen molar-refractivity contribution >= 4 is 29.9 Å². The van der Waals surface area contributed by atoms with E-state index >= 15 is 0 Å². The zero-order valence-corrected chi connectivity index (χ0v) is 20.6. The molecule has 0 amide bonds. The monoisotopic (exact) mass is 526 g/mol. The van der Waals surface area contributed by atoms with Gasteiger partial charge in [0.2, 0.25) is 0 Å². The molecule has 2 N–H and O–H groups in total.